The van der Waals surface area contributed by atoms with E-state index in [-0.39, 0.29) is 10.5 Å². The van der Waals surface area contributed by atoms with Crippen LogP contribution in [0.15, 0.2) is 65.6 Å². The highest BCUT2D eigenvalue weighted by Gasteiger charge is 2.42. The third-order valence-corrected chi connectivity index (χ3v) is 5.17. The van der Waals surface area contributed by atoms with Crippen molar-refractivity contribution < 1.29 is 26.4 Å². The number of carbonyl (C=O) groups is 1. The lowest BCUT2D eigenvalue weighted by Gasteiger charge is -2.20. The van der Waals surface area contributed by atoms with Gasteiger partial charge in [-0.15, -0.1) is 0 Å². The summed E-state index contributed by atoms with van der Waals surface area (Å²) in [5.41, 5.74) is -0.0598. The Kier molecular flexibility index (Phi) is 5.43. The molecule has 0 fully saturated rings. The molecular weight excluding hydrogens is 341 g/mol. The molecule has 0 unspecified atom stereocenters. The molecule has 0 radical (unpaired) electrons. The fourth-order valence-corrected chi connectivity index (χ4v) is 3.60. The summed E-state index contributed by atoms with van der Waals surface area (Å²) in [6.07, 6.45) is -5.53. The van der Waals surface area contributed by atoms with Gasteiger partial charge in [-0.05, 0) is 17.7 Å². The van der Waals surface area contributed by atoms with Crippen molar-refractivity contribution in [1.82, 2.24) is 0 Å². The van der Waals surface area contributed by atoms with Crippen LogP contribution in [0.4, 0.5) is 13.2 Å². The van der Waals surface area contributed by atoms with Crippen LogP contribution in [0, 0.1) is 0 Å². The number of hydrogen-bond donors (Lipinski definition) is 0. The van der Waals surface area contributed by atoms with Crippen LogP contribution >= 0.6 is 0 Å². The predicted molar refractivity (Wildman–Crippen MR) is 83.4 cm³/mol. The normalized spacial score (nSPS) is 13.5. The van der Waals surface area contributed by atoms with E-state index in [0.29, 0.717) is 0 Å². The van der Waals surface area contributed by atoms with Crippen molar-refractivity contribution in [2.75, 3.05) is 5.75 Å². The molecule has 0 saturated carbocycles. The van der Waals surface area contributed by atoms with Crippen LogP contribution in [0.3, 0.4) is 0 Å². The Morgan fingerprint density at radius 1 is 0.917 bits per heavy atom. The van der Waals surface area contributed by atoms with E-state index in [4.69, 9.17) is 0 Å². The SMILES string of the molecule is O=C(C[C@@H](c1ccccc1)C(F)(F)F)CS(=O)(=O)c1ccccc1. The van der Waals surface area contributed by atoms with Gasteiger partial charge in [0.2, 0.25) is 0 Å². The second-order valence-corrected chi connectivity index (χ2v) is 7.31. The summed E-state index contributed by atoms with van der Waals surface area (Å²) in [6, 6.07) is 14.2. The van der Waals surface area contributed by atoms with Gasteiger partial charge in [-0.3, -0.25) is 4.79 Å². The van der Waals surface area contributed by atoms with Gasteiger partial charge < -0.3 is 0 Å². The van der Waals surface area contributed by atoms with Crippen molar-refractivity contribution in [2.24, 2.45) is 0 Å². The van der Waals surface area contributed by atoms with Gasteiger partial charge in [0, 0.05) is 6.42 Å². The summed E-state index contributed by atoms with van der Waals surface area (Å²) < 4.78 is 63.9. The first-order valence-electron chi connectivity index (χ1n) is 7.11. The van der Waals surface area contributed by atoms with E-state index in [0.717, 1.165) is 0 Å². The van der Waals surface area contributed by atoms with Gasteiger partial charge in [-0.1, -0.05) is 48.5 Å². The molecule has 0 aliphatic heterocycles. The summed E-state index contributed by atoms with van der Waals surface area (Å²) in [7, 11) is -3.95. The summed E-state index contributed by atoms with van der Waals surface area (Å²) in [6.45, 7) is 0. The molecule has 1 atom stereocenters. The largest absolute Gasteiger partial charge is 0.396 e. The Morgan fingerprint density at radius 2 is 1.42 bits per heavy atom. The van der Waals surface area contributed by atoms with Crippen molar-refractivity contribution >= 4 is 15.6 Å². The molecule has 0 aromatic heterocycles. The first-order chi connectivity index (χ1) is 11.2. The fourth-order valence-electron chi connectivity index (χ4n) is 2.32. The molecule has 0 N–H and O–H groups in total. The van der Waals surface area contributed by atoms with Crippen LogP contribution in [0.5, 0.6) is 0 Å². The van der Waals surface area contributed by atoms with Gasteiger partial charge in [-0.25, -0.2) is 8.42 Å². The molecule has 0 saturated heterocycles. The molecule has 0 amide bonds. The van der Waals surface area contributed by atoms with Gasteiger partial charge in [0.15, 0.2) is 9.84 Å². The minimum Gasteiger partial charge on any atom is -0.299 e. The molecule has 0 heterocycles. The second kappa shape index (κ2) is 7.17. The van der Waals surface area contributed by atoms with E-state index in [9.17, 15) is 26.4 Å². The maximum absolute atomic E-state index is 13.2. The summed E-state index contributed by atoms with van der Waals surface area (Å²) in [4.78, 5) is 11.9. The van der Waals surface area contributed by atoms with Gasteiger partial charge in [0.1, 0.15) is 11.5 Å². The Bertz CT molecular complexity index is 785. The molecule has 0 aliphatic carbocycles. The molecule has 2 rings (SSSR count). The van der Waals surface area contributed by atoms with Crippen molar-refractivity contribution in [2.45, 2.75) is 23.4 Å². The zero-order chi connectivity index (χ0) is 17.8. The number of hydrogen-bond acceptors (Lipinski definition) is 3. The molecule has 7 heteroatoms. The van der Waals surface area contributed by atoms with E-state index in [1.807, 2.05) is 0 Å². The maximum Gasteiger partial charge on any atom is 0.396 e. The molecule has 128 valence electrons. The van der Waals surface area contributed by atoms with Crippen molar-refractivity contribution in [1.29, 1.82) is 0 Å². The zero-order valence-electron chi connectivity index (χ0n) is 12.5. The van der Waals surface area contributed by atoms with Gasteiger partial charge in [-0.2, -0.15) is 13.2 Å². The van der Waals surface area contributed by atoms with E-state index >= 15 is 0 Å². The van der Waals surface area contributed by atoms with Crippen LogP contribution in [-0.2, 0) is 14.6 Å². The Labute approximate surface area is 138 Å². The molecule has 0 bridgehead atoms. The van der Waals surface area contributed by atoms with Gasteiger partial charge in [0.05, 0.1) is 10.8 Å². The minimum absolute atomic E-state index is 0.0598. The number of carbonyl (C=O) groups excluding carboxylic acids is 1. The highest BCUT2D eigenvalue weighted by atomic mass is 32.2. The van der Waals surface area contributed by atoms with Gasteiger partial charge in [0.25, 0.3) is 0 Å². The predicted octanol–water partition coefficient (Wildman–Crippen LogP) is 3.77. The zero-order valence-corrected chi connectivity index (χ0v) is 13.3. The maximum atomic E-state index is 13.2. The van der Waals surface area contributed by atoms with E-state index in [1.165, 1.54) is 48.5 Å². The number of alkyl halides is 3. The summed E-state index contributed by atoms with van der Waals surface area (Å²) in [5, 5.41) is 0. The molecule has 0 aliphatic rings. The number of rotatable bonds is 6. The average molecular weight is 356 g/mol. The standard InChI is InChI=1S/C17H15F3O3S/c18-17(19,20)16(13-7-3-1-4-8-13)11-14(21)12-24(22,23)15-9-5-2-6-10-15/h1-10,16H,11-12H2/t16-/m0/s1. The third-order valence-electron chi connectivity index (χ3n) is 3.48. The van der Waals surface area contributed by atoms with Crippen LogP contribution in [-0.4, -0.2) is 26.1 Å². The van der Waals surface area contributed by atoms with Crippen LogP contribution < -0.4 is 0 Å². The van der Waals surface area contributed by atoms with Crippen molar-refractivity contribution in [3.63, 3.8) is 0 Å². The molecule has 24 heavy (non-hydrogen) atoms. The van der Waals surface area contributed by atoms with E-state index in [1.54, 1.807) is 12.1 Å². The van der Waals surface area contributed by atoms with Crippen molar-refractivity contribution in [3.05, 3.63) is 66.2 Å². The number of ketones is 1. The highest BCUT2D eigenvalue weighted by Crippen LogP contribution is 2.37. The van der Waals surface area contributed by atoms with E-state index in [2.05, 4.69) is 0 Å². The second-order valence-electron chi connectivity index (χ2n) is 5.32. The van der Waals surface area contributed by atoms with Crippen LogP contribution in [0.25, 0.3) is 0 Å². The summed E-state index contributed by atoms with van der Waals surface area (Å²) >= 11 is 0. The Balaban J connectivity index is 2.17. The monoisotopic (exact) mass is 356 g/mol. The number of Topliss-reactive ketones (excluding diaryl/α,β-unsaturated/α-hetero) is 1. The number of halogens is 3. The van der Waals surface area contributed by atoms with Crippen LogP contribution in [0.2, 0.25) is 0 Å². The molecule has 0 spiro atoms. The molecule has 2 aromatic carbocycles. The number of benzene rings is 2. The third kappa shape index (κ3) is 4.67. The first-order valence-corrected chi connectivity index (χ1v) is 8.76. The molecule has 3 nitrogen and oxygen atoms in total. The van der Waals surface area contributed by atoms with Crippen LogP contribution in [0.1, 0.15) is 17.9 Å². The summed E-state index contributed by atoms with van der Waals surface area (Å²) in [5.74, 6) is -3.93. The topological polar surface area (TPSA) is 51.2 Å². The highest BCUT2D eigenvalue weighted by molar-refractivity contribution is 7.92. The average Bonchev–Trinajstić information content (AvgIpc) is 2.53. The molecular formula is C17H15F3O3S. The first kappa shape index (κ1) is 18.2. The Hall–Kier alpha value is -2.15. The fraction of sp³-hybridized carbons (Fsp3) is 0.235. The van der Waals surface area contributed by atoms with Gasteiger partial charge >= 0.3 is 6.18 Å². The molecule has 2 aromatic rings. The quantitative estimate of drug-likeness (QED) is 0.792. The Morgan fingerprint density at radius 3 is 1.92 bits per heavy atom. The van der Waals surface area contributed by atoms with E-state index < -0.39 is 39.9 Å². The lowest BCUT2D eigenvalue weighted by Crippen LogP contribution is -2.26. The lowest BCUT2D eigenvalue weighted by atomic mass is 9.93. The minimum atomic E-state index is -4.63. The number of sulfone groups is 1. The lowest BCUT2D eigenvalue weighted by molar-refractivity contribution is -0.156. The van der Waals surface area contributed by atoms with Crippen molar-refractivity contribution in [3.8, 4) is 0 Å². The smallest absolute Gasteiger partial charge is 0.299 e.